The highest BCUT2D eigenvalue weighted by atomic mass is 32.1. The molecule has 0 aliphatic rings. The summed E-state index contributed by atoms with van der Waals surface area (Å²) in [5.41, 5.74) is 8.66. The molecule has 0 saturated heterocycles. The minimum atomic E-state index is 0.305. The van der Waals surface area contributed by atoms with Gasteiger partial charge in [0.25, 0.3) is 20.7 Å². The third-order valence-corrected chi connectivity index (χ3v) is 25.2. The molecule has 14 aromatic rings. The molecule has 2 aromatic heterocycles. The van der Waals surface area contributed by atoms with Gasteiger partial charge in [0, 0.05) is 119 Å². The van der Waals surface area contributed by atoms with Crippen molar-refractivity contribution in [3.05, 3.63) is 192 Å². The summed E-state index contributed by atoms with van der Waals surface area (Å²) in [6.45, 7) is 9.05. The lowest BCUT2D eigenvalue weighted by atomic mass is 9.92. The van der Waals surface area contributed by atoms with Crippen molar-refractivity contribution in [1.29, 1.82) is 0 Å². The zero-order valence-electron chi connectivity index (χ0n) is 66.2. The molecule has 0 fully saturated rings. The summed E-state index contributed by atoms with van der Waals surface area (Å²) in [7, 11) is 15.0. The van der Waals surface area contributed by atoms with Crippen LogP contribution in [-0.4, -0.2) is 96.7 Å². The van der Waals surface area contributed by atoms with Crippen molar-refractivity contribution < 1.29 is 18.9 Å². The molecule has 110 heavy (non-hydrogen) atoms. The Morgan fingerprint density at radius 2 is 0.455 bits per heavy atom. The molecule has 0 unspecified atom stereocenters. The molecular formula is C96H104N4O4S6. The molecule has 2 heterocycles. The molecule has 0 N–H and O–H groups in total. The van der Waals surface area contributed by atoms with E-state index in [1.165, 1.54) is 198 Å². The van der Waals surface area contributed by atoms with E-state index < -0.39 is 0 Å². The fourth-order valence-electron chi connectivity index (χ4n) is 14.9. The van der Waals surface area contributed by atoms with E-state index in [0.29, 0.717) is 43.7 Å². The van der Waals surface area contributed by atoms with Gasteiger partial charge in [0.05, 0.1) is 0 Å². The molecule has 0 aliphatic heterocycles. The zero-order chi connectivity index (χ0) is 77.3. The van der Waals surface area contributed by atoms with Crippen LogP contribution in [0.3, 0.4) is 0 Å². The molecule has 14 heteroatoms. The molecule has 0 atom stereocenters. The number of rotatable bonds is 26. The molecule has 0 bridgehead atoms. The molecule has 0 saturated carbocycles. The van der Waals surface area contributed by atoms with Crippen molar-refractivity contribution in [2.45, 2.75) is 156 Å². The number of benzene rings is 12. The summed E-state index contributed by atoms with van der Waals surface area (Å²) >= 11 is 27.0. The van der Waals surface area contributed by atoms with Crippen molar-refractivity contribution >= 4 is 197 Å². The van der Waals surface area contributed by atoms with Gasteiger partial charge in [-0.1, -0.05) is 178 Å². The third-order valence-electron chi connectivity index (χ3n) is 21.2. The van der Waals surface area contributed by atoms with E-state index in [1.54, 1.807) is 19.6 Å². The Morgan fingerprint density at radius 1 is 0.245 bits per heavy atom. The normalized spacial score (nSPS) is 11.6. The quantitative estimate of drug-likeness (QED) is 0.0383. The van der Waals surface area contributed by atoms with Crippen LogP contribution in [0.2, 0.25) is 0 Å². The molecule has 14 rings (SSSR count). The van der Waals surface area contributed by atoms with E-state index >= 15 is 0 Å². The Kier molecular flexibility index (Phi) is 26.2. The summed E-state index contributed by atoms with van der Waals surface area (Å²) in [6, 6.07) is 63.8. The second-order valence-corrected chi connectivity index (χ2v) is 34.3. The van der Waals surface area contributed by atoms with Gasteiger partial charge in [-0.05, 0) is 284 Å². The van der Waals surface area contributed by atoms with Crippen molar-refractivity contribution in [2.24, 2.45) is 0 Å². The lowest BCUT2D eigenvalue weighted by Crippen LogP contribution is -2.26. The summed E-state index contributed by atoms with van der Waals surface area (Å²) in [6.07, 6.45) is 24.6. The highest BCUT2D eigenvalue weighted by molar-refractivity contribution is 7.80. The Hall–Kier alpha value is -8.60. The topological polar surface area (TPSA) is 49.9 Å². The fraction of sp³-hybridized carbons (Fsp3) is 0.333. The van der Waals surface area contributed by atoms with Gasteiger partial charge in [-0.25, -0.2) is 0 Å². The third kappa shape index (κ3) is 18.6. The molecular weight excluding hydrogens is 1470 g/mol. The van der Waals surface area contributed by atoms with E-state index in [-0.39, 0.29) is 0 Å². The number of nitrogens with zero attached hydrogens (tertiary/aromatic N) is 4. The van der Waals surface area contributed by atoms with Crippen LogP contribution in [0.1, 0.15) is 153 Å². The van der Waals surface area contributed by atoms with Gasteiger partial charge in [0.15, 0.2) is 0 Å². The minimum Gasteiger partial charge on any atom is -0.431 e. The predicted octanol–water partition coefficient (Wildman–Crippen LogP) is 27.8. The average Bonchev–Trinajstić information content (AvgIpc) is 1.42. The van der Waals surface area contributed by atoms with Gasteiger partial charge in [-0.2, -0.15) is 0 Å². The average molecular weight is 1570 g/mol. The van der Waals surface area contributed by atoms with Crippen molar-refractivity contribution in [1.82, 2.24) is 19.6 Å². The molecule has 8 nitrogen and oxygen atoms in total. The van der Waals surface area contributed by atoms with Crippen molar-refractivity contribution in [3.8, 4) is 45.3 Å². The zero-order valence-corrected chi connectivity index (χ0v) is 71.1. The van der Waals surface area contributed by atoms with Crippen LogP contribution in [0.5, 0.6) is 23.0 Å². The lowest BCUT2D eigenvalue weighted by Gasteiger charge is -2.23. The highest BCUT2D eigenvalue weighted by Gasteiger charge is 2.24. The number of thiocarbonyl (C=S) groups is 4. The predicted molar refractivity (Wildman–Crippen MR) is 494 cm³/mol. The van der Waals surface area contributed by atoms with Gasteiger partial charge in [0.1, 0.15) is 23.0 Å². The first kappa shape index (κ1) is 79.5. The van der Waals surface area contributed by atoms with E-state index in [2.05, 4.69) is 185 Å². The van der Waals surface area contributed by atoms with Crippen LogP contribution in [0.4, 0.5) is 0 Å². The summed E-state index contributed by atoms with van der Waals surface area (Å²) in [4.78, 5) is 7.12. The molecule has 568 valence electrons. The monoisotopic (exact) mass is 1570 g/mol. The molecule has 0 radical (unpaired) electrons. The van der Waals surface area contributed by atoms with Crippen LogP contribution in [0.15, 0.2) is 170 Å². The SMILES string of the molecule is CCCCCCc1ccc2cc(-c3cc4cc(OC(=S)N(C)C)c(-c5cc6ccc(CCCCCC)cc6cc5OC(=S)N(C)C)cc4cc3OC(=S)N(C)C)c(OC(=S)N(C)C)cc2c1.CCCCCCc1ccc2cc3c(cc2c1)sc1cc2cc4c(cc2cc13)sc1cc2cc(CCCCCC)ccc2cc14. The second-order valence-electron chi connectivity index (χ2n) is 30.7. The van der Waals surface area contributed by atoms with E-state index in [4.69, 9.17) is 67.8 Å². The van der Waals surface area contributed by atoms with Gasteiger partial charge in [0.2, 0.25) is 0 Å². The Balaban J connectivity index is 0.000000208. The van der Waals surface area contributed by atoms with Crippen LogP contribution in [0, 0.1) is 0 Å². The van der Waals surface area contributed by atoms with Crippen LogP contribution >= 0.6 is 71.5 Å². The highest BCUT2D eigenvalue weighted by Crippen LogP contribution is 2.48. The molecule has 0 spiro atoms. The number of thiophene rings is 2. The van der Waals surface area contributed by atoms with E-state index in [9.17, 15) is 0 Å². The number of ether oxygens (including phenoxy) is 4. The molecule has 0 amide bonds. The largest absolute Gasteiger partial charge is 0.431 e. The standard InChI is InChI=1S/C54H64N4O4S4.C42H40S2/c1-11-13-15-17-19-35-21-23-37-27-43(47(31-39(37)25-35)59-51(63)55(3)4)45-29-41-34-50(62-54(66)58(9)10)46(30-42(41)33-49(45)61-53(65)57(7)8)44-28-38-24-22-36(20-18-16-14-12-2)26-40(38)32-48(44)60-52(64)56(5)6;1-3-5-7-9-11-27-13-15-29-19-35-37-21-33-26-42-38(22-34(33)25-41(37)43-39(35)23-31(29)17-27)36-20-30-16-14-28(12-10-8-6-4-2)18-32(30)24-40(36)44-42/h21-34H,11-20H2,1-10H3;13-26H,3-12H2,1-2H3. The van der Waals surface area contributed by atoms with Crippen molar-refractivity contribution in [2.75, 3.05) is 56.4 Å². The van der Waals surface area contributed by atoms with Gasteiger partial charge >= 0.3 is 0 Å². The maximum absolute atomic E-state index is 6.61. The van der Waals surface area contributed by atoms with Crippen molar-refractivity contribution in [3.63, 3.8) is 0 Å². The maximum Gasteiger partial charge on any atom is 0.264 e. The minimum absolute atomic E-state index is 0.305. The molecule has 12 aromatic carbocycles. The Bertz CT molecular complexity index is 5420. The number of fused-ring (bicyclic) bond motifs is 12. The number of unbranched alkanes of at least 4 members (excludes halogenated alkanes) is 12. The molecule has 0 aliphatic carbocycles. The van der Waals surface area contributed by atoms with Gasteiger partial charge in [-0.3, -0.25) is 0 Å². The second kappa shape index (κ2) is 36.3. The lowest BCUT2D eigenvalue weighted by molar-refractivity contribution is 0.446. The maximum atomic E-state index is 6.61. The van der Waals surface area contributed by atoms with Crippen LogP contribution < -0.4 is 18.9 Å². The van der Waals surface area contributed by atoms with Gasteiger partial charge in [-0.15, -0.1) is 22.7 Å². The number of hydrogen-bond acceptors (Lipinski definition) is 10. The van der Waals surface area contributed by atoms with Gasteiger partial charge < -0.3 is 38.5 Å². The smallest absolute Gasteiger partial charge is 0.264 e. The number of aryl methyl sites for hydroxylation is 4. The van der Waals surface area contributed by atoms with E-state index in [0.717, 1.165) is 80.3 Å². The number of hydrogen-bond donors (Lipinski definition) is 0. The fourth-order valence-corrected chi connectivity index (χ4v) is 17.6. The Morgan fingerprint density at radius 3 is 0.700 bits per heavy atom. The van der Waals surface area contributed by atoms with E-state index in [1.807, 2.05) is 91.2 Å². The first-order valence-electron chi connectivity index (χ1n) is 39.7. The summed E-state index contributed by atoms with van der Waals surface area (Å²) in [5, 5.41) is 21.0. The first-order chi connectivity index (χ1) is 53.2. The summed E-state index contributed by atoms with van der Waals surface area (Å²) < 4.78 is 31.9. The Labute approximate surface area is 680 Å². The van der Waals surface area contributed by atoms with Crippen LogP contribution in [0.25, 0.3) is 127 Å². The first-order valence-corrected chi connectivity index (χ1v) is 42.9. The summed E-state index contributed by atoms with van der Waals surface area (Å²) in [5.74, 6) is 2.30. The van der Waals surface area contributed by atoms with Crippen LogP contribution in [-0.2, 0) is 25.7 Å².